The number of amides is 1. The van der Waals surface area contributed by atoms with E-state index in [4.69, 9.17) is 0 Å². The summed E-state index contributed by atoms with van der Waals surface area (Å²) >= 11 is 2.92. The van der Waals surface area contributed by atoms with Gasteiger partial charge in [-0.3, -0.25) is 9.78 Å². The van der Waals surface area contributed by atoms with E-state index in [1.54, 1.807) is 24.6 Å². The number of pyridine rings is 1. The van der Waals surface area contributed by atoms with Crippen LogP contribution in [0.2, 0.25) is 0 Å². The minimum atomic E-state index is -0.0712. The van der Waals surface area contributed by atoms with Crippen molar-refractivity contribution in [1.29, 1.82) is 0 Å². The molecule has 0 unspecified atom stereocenters. The van der Waals surface area contributed by atoms with Crippen molar-refractivity contribution >= 4 is 29.0 Å². The number of carbonyl (C=O) groups excluding carboxylic acids is 1. The van der Waals surface area contributed by atoms with Gasteiger partial charge < -0.3 is 5.32 Å². The SMILES string of the molecule is Cn1nnnc1SCC(=O)NCc1cccnc1-c1ccsc1. The van der Waals surface area contributed by atoms with Gasteiger partial charge >= 0.3 is 0 Å². The average molecular weight is 346 g/mol. The Morgan fingerprint density at radius 1 is 1.43 bits per heavy atom. The molecular formula is C14H14N6OS2. The zero-order valence-corrected chi connectivity index (χ0v) is 14.0. The maximum absolute atomic E-state index is 12.0. The van der Waals surface area contributed by atoms with Gasteiger partial charge in [0.15, 0.2) is 0 Å². The second-order valence-corrected chi connectivity index (χ2v) is 6.40. The number of tetrazole rings is 1. The summed E-state index contributed by atoms with van der Waals surface area (Å²) in [5.41, 5.74) is 2.96. The van der Waals surface area contributed by atoms with Gasteiger partial charge in [0, 0.05) is 30.7 Å². The highest BCUT2D eigenvalue weighted by Gasteiger charge is 2.10. The van der Waals surface area contributed by atoms with Crippen molar-refractivity contribution in [2.45, 2.75) is 11.7 Å². The minimum absolute atomic E-state index is 0.0712. The molecule has 0 aromatic carbocycles. The van der Waals surface area contributed by atoms with Crippen molar-refractivity contribution in [1.82, 2.24) is 30.5 Å². The third kappa shape index (κ3) is 3.93. The first kappa shape index (κ1) is 15.6. The molecule has 23 heavy (non-hydrogen) atoms. The first-order valence-corrected chi connectivity index (χ1v) is 8.75. The van der Waals surface area contributed by atoms with Gasteiger partial charge in [0.05, 0.1) is 11.4 Å². The van der Waals surface area contributed by atoms with Crippen LogP contribution in [-0.2, 0) is 18.4 Å². The van der Waals surface area contributed by atoms with Gasteiger partial charge in [-0.25, -0.2) is 4.68 Å². The fraction of sp³-hybridized carbons (Fsp3) is 0.214. The number of rotatable bonds is 6. The number of nitrogens with zero attached hydrogens (tertiary/aromatic N) is 5. The first-order chi connectivity index (χ1) is 11.2. The Morgan fingerprint density at radius 2 is 2.35 bits per heavy atom. The van der Waals surface area contributed by atoms with E-state index in [0.717, 1.165) is 16.8 Å². The van der Waals surface area contributed by atoms with Crippen LogP contribution in [0.1, 0.15) is 5.56 Å². The lowest BCUT2D eigenvalue weighted by molar-refractivity contribution is -0.118. The third-order valence-corrected chi connectivity index (χ3v) is 4.77. The van der Waals surface area contributed by atoms with Crippen LogP contribution in [-0.4, -0.2) is 36.9 Å². The summed E-state index contributed by atoms with van der Waals surface area (Å²) < 4.78 is 1.54. The fourth-order valence-electron chi connectivity index (χ4n) is 1.96. The fourth-order valence-corrected chi connectivity index (χ4v) is 3.28. The number of hydrogen-bond donors (Lipinski definition) is 1. The summed E-state index contributed by atoms with van der Waals surface area (Å²) in [5, 5.41) is 18.7. The number of nitrogens with one attached hydrogen (secondary N) is 1. The molecule has 3 aromatic rings. The molecule has 0 atom stereocenters. The summed E-state index contributed by atoms with van der Waals surface area (Å²) in [6.45, 7) is 0.440. The van der Waals surface area contributed by atoms with Gasteiger partial charge in [0.25, 0.3) is 0 Å². The number of aryl methyl sites for hydroxylation is 1. The molecule has 1 N–H and O–H groups in total. The Balaban J connectivity index is 1.58. The zero-order valence-electron chi connectivity index (χ0n) is 12.3. The van der Waals surface area contributed by atoms with Gasteiger partial charge in [-0.15, -0.1) is 5.10 Å². The molecule has 0 aliphatic heterocycles. The molecule has 0 fully saturated rings. The number of carbonyl (C=O) groups is 1. The topological polar surface area (TPSA) is 85.6 Å². The lowest BCUT2D eigenvalue weighted by Crippen LogP contribution is -2.25. The lowest BCUT2D eigenvalue weighted by atomic mass is 10.1. The van der Waals surface area contributed by atoms with Crippen LogP contribution in [0.3, 0.4) is 0 Å². The van der Waals surface area contributed by atoms with E-state index in [2.05, 4.69) is 25.8 Å². The van der Waals surface area contributed by atoms with E-state index in [9.17, 15) is 4.79 Å². The molecule has 7 nitrogen and oxygen atoms in total. The molecule has 0 saturated carbocycles. The lowest BCUT2D eigenvalue weighted by Gasteiger charge is -2.08. The normalized spacial score (nSPS) is 10.7. The predicted molar refractivity (Wildman–Crippen MR) is 88.9 cm³/mol. The highest BCUT2D eigenvalue weighted by atomic mass is 32.2. The molecule has 3 aromatic heterocycles. The molecule has 3 rings (SSSR count). The molecule has 0 bridgehead atoms. The van der Waals surface area contributed by atoms with Crippen molar-refractivity contribution in [3.63, 3.8) is 0 Å². The molecule has 0 aliphatic rings. The summed E-state index contributed by atoms with van der Waals surface area (Å²) in [6, 6.07) is 5.87. The zero-order chi connectivity index (χ0) is 16.1. The molecule has 118 valence electrons. The summed E-state index contributed by atoms with van der Waals surface area (Å²) in [4.78, 5) is 16.4. The van der Waals surface area contributed by atoms with Crippen LogP contribution in [0.5, 0.6) is 0 Å². The number of hydrogen-bond acceptors (Lipinski definition) is 7. The Morgan fingerprint density at radius 3 is 3.09 bits per heavy atom. The van der Waals surface area contributed by atoms with Crippen LogP contribution in [0.25, 0.3) is 11.3 Å². The van der Waals surface area contributed by atoms with E-state index in [1.807, 2.05) is 29.0 Å². The van der Waals surface area contributed by atoms with Crippen LogP contribution < -0.4 is 5.32 Å². The Kier molecular flexibility index (Phi) is 4.99. The molecule has 0 aliphatic carbocycles. The van der Waals surface area contributed by atoms with Crippen LogP contribution >= 0.6 is 23.1 Å². The Bertz CT molecular complexity index is 786. The van der Waals surface area contributed by atoms with Crippen molar-refractivity contribution in [2.75, 3.05) is 5.75 Å². The Hall–Kier alpha value is -2.26. The van der Waals surface area contributed by atoms with Gasteiger partial charge in [-0.1, -0.05) is 17.8 Å². The molecule has 9 heteroatoms. The highest BCUT2D eigenvalue weighted by molar-refractivity contribution is 7.99. The van der Waals surface area contributed by atoms with E-state index in [-0.39, 0.29) is 11.7 Å². The van der Waals surface area contributed by atoms with Crippen molar-refractivity contribution in [3.8, 4) is 11.3 Å². The monoisotopic (exact) mass is 346 g/mol. The van der Waals surface area contributed by atoms with E-state index in [0.29, 0.717) is 11.7 Å². The van der Waals surface area contributed by atoms with Gasteiger partial charge in [-0.05, 0) is 33.5 Å². The average Bonchev–Trinajstić information content (AvgIpc) is 3.23. The molecular weight excluding hydrogens is 332 g/mol. The van der Waals surface area contributed by atoms with Gasteiger partial charge in [0.2, 0.25) is 11.1 Å². The van der Waals surface area contributed by atoms with E-state index in [1.165, 1.54) is 16.4 Å². The quantitative estimate of drug-likeness (QED) is 0.684. The second kappa shape index (κ2) is 7.34. The highest BCUT2D eigenvalue weighted by Crippen LogP contribution is 2.23. The standard InChI is InChI=1S/C14H14N6OS2/c1-20-14(17-18-19-20)23-9-12(21)16-7-10-3-2-5-15-13(10)11-4-6-22-8-11/h2-6,8H,7,9H2,1H3,(H,16,21). The van der Waals surface area contributed by atoms with Crippen LogP contribution in [0, 0.1) is 0 Å². The molecule has 1 amide bonds. The third-order valence-electron chi connectivity index (χ3n) is 3.08. The number of aromatic nitrogens is 5. The summed E-state index contributed by atoms with van der Waals surface area (Å²) in [7, 11) is 1.74. The molecule has 0 spiro atoms. The first-order valence-electron chi connectivity index (χ1n) is 6.82. The van der Waals surface area contributed by atoms with Crippen molar-refractivity contribution in [3.05, 3.63) is 40.7 Å². The molecule has 0 radical (unpaired) electrons. The Labute approximate surface area is 141 Å². The minimum Gasteiger partial charge on any atom is -0.351 e. The summed E-state index contributed by atoms with van der Waals surface area (Å²) in [6.07, 6.45) is 1.76. The van der Waals surface area contributed by atoms with Crippen LogP contribution in [0.4, 0.5) is 0 Å². The maximum atomic E-state index is 12.0. The maximum Gasteiger partial charge on any atom is 0.230 e. The largest absolute Gasteiger partial charge is 0.351 e. The van der Waals surface area contributed by atoms with E-state index < -0.39 is 0 Å². The van der Waals surface area contributed by atoms with Crippen LogP contribution in [0.15, 0.2) is 40.3 Å². The summed E-state index contributed by atoms with van der Waals surface area (Å²) in [5.74, 6) is 0.195. The van der Waals surface area contributed by atoms with E-state index >= 15 is 0 Å². The molecule has 0 saturated heterocycles. The van der Waals surface area contributed by atoms with Crippen molar-refractivity contribution in [2.24, 2.45) is 7.05 Å². The second-order valence-electron chi connectivity index (χ2n) is 4.67. The van der Waals surface area contributed by atoms with Crippen molar-refractivity contribution < 1.29 is 4.79 Å². The van der Waals surface area contributed by atoms with Gasteiger partial charge in [0.1, 0.15) is 0 Å². The number of thiophene rings is 1. The predicted octanol–water partition coefficient (Wildman–Crippen LogP) is 1.74. The number of thioether (sulfide) groups is 1. The molecule has 3 heterocycles. The van der Waals surface area contributed by atoms with Gasteiger partial charge in [-0.2, -0.15) is 11.3 Å². The smallest absolute Gasteiger partial charge is 0.230 e.